The molecule has 0 radical (unpaired) electrons. The minimum atomic E-state index is -0.614. The van der Waals surface area contributed by atoms with Crippen molar-refractivity contribution in [2.24, 2.45) is 0 Å². The monoisotopic (exact) mass is 803 g/mol. The van der Waals surface area contributed by atoms with Gasteiger partial charge in [0.2, 0.25) is 0 Å². The van der Waals surface area contributed by atoms with Crippen LogP contribution < -0.4 is 4.90 Å². The molecule has 12 rings (SSSR count). The molecule has 11 aromatic rings. The van der Waals surface area contributed by atoms with E-state index in [9.17, 15) is 0 Å². The summed E-state index contributed by atoms with van der Waals surface area (Å²) in [6, 6.07) is 90.3. The predicted molar refractivity (Wildman–Crippen MR) is 262 cm³/mol. The number of rotatable bonds is 8. The van der Waals surface area contributed by atoms with Crippen LogP contribution in [0.25, 0.3) is 66.4 Å². The second-order valence-corrected chi connectivity index (χ2v) is 16.4. The van der Waals surface area contributed by atoms with Crippen molar-refractivity contribution in [3.63, 3.8) is 0 Å². The third-order valence-electron chi connectivity index (χ3n) is 12.9. The van der Waals surface area contributed by atoms with Crippen molar-refractivity contribution >= 4 is 39.0 Å². The summed E-state index contributed by atoms with van der Waals surface area (Å²) in [5, 5.41) is 2.15. The van der Waals surface area contributed by atoms with Gasteiger partial charge < -0.3 is 9.32 Å². The first-order valence-corrected chi connectivity index (χ1v) is 21.7. The maximum absolute atomic E-state index is 6.70. The smallest absolute Gasteiger partial charge is 0.137 e. The Bertz CT molecular complexity index is 3410. The SMILES string of the molecule is c1ccc(-c2cccc(C3(c4cccc(N(c5ccccc5-c5ccccc5)c5cccc6oc7ccc(-c8ccccc8)cc7c56)c4)c4ccccc4-c4ccccc43)c2)cc1. The van der Waals surface area contributed by atoms with Crippen LogP contribution in [0.3, 0.4) is 0 Å². The number of furan rings is 1. The van der Waals surface area contributed by atoms with Crippen molar-refractivity contribution in [2.75, 3.05) is 4.90 Å². The van der Waals surface area contributed by atoms with Crippen LogP contribution >= 0.6 is 0 Å². The average Bonchev–Trinajstić information content (AvgIpc) is 3.89. The molecule has 2 nitrogen and oxygen atoms in total. The molecule has 1 aliphatic carbocycles. The van der Waals surface area contributed by atoms with E-state index in [1.807, 2.05) is 0 Å². The van der Waals surface area contributed by atoms with Crippen molar-refractivity contribution in [1.82, 2.24) is 0 Å². The molecule has 0 atom stereocenters. The molecule has 1 heterocycles. The number of benzene rings is 10. The van der Waals surface area contributed by atoms with Crippen molar-refractivity contribution < 1.29 is 4.42 Å². The molecular weight excluding hydrogens is 763 g/mol. The fourth-order valence-electron chi connectivity index (χ4n) is 10.2. The Labute approximate surface area is 367 Å². The van der Waals surface area contributed by atoms with Crippen molar-refractivity contribution in [2.45, 2.75) is 5.41 Å². The van der Waals surface area contributed by atoms with E-state index in [0.29, 0.717) is 0 Å². The van der Waals surface area contributed by atoms with Gasteiger partial charge >= 0.3 is 0 Å². The maximum Gasteiger partial charge on any atom is 0.137 e. The fourth-order valence-corrected chi connectivity index (χ4v) is 10.2. The Hall–Kier alpha value is -8.20. The van der Waals surface area contributed by atoms with Crippen LogP contribution in [0.4, 0.5) is 17.1 Å². The summed E-state index contributed by atoms with van der Waals surface area (Å²) in [6.45, 7) is 0. The second-order valence-electron chi connectivity index (χ2n) is 16.4. The largest absolute Gasteiger partial charge is 0.456 e. The van der Waals surface area contributed by atoms with Gasteiger partial charge in [-0.25, -0.2) is 0 Å². The van der Waals surface area contributed by atoms with Gasteiger partial charge in [0, 0.05) is 16.6 Å². The highest BCUT2D eigenvalue weighted by atomic mass is 16.3. The Morgan fingerprint density at radius 2 is 0.825 bits per heavy atom. The summed E-state index contributed by atoms with van der Waals surface area (Å²) in [5.74, 6) is 0. The lowest BCUT2D eigenvalue weighted by atomic mass is 9.67. The third-order valence-corrected chi connectivity index (χ3v) is 12.9. The highest BCUT2D eigenvalue weighted by Crippen LogP contribution is 2.57. The van der Waals surface area contributed by atoms with Crippen LogP contribution in [0.1, 0.15) is 22.3 Å². The molecule has 0 unspecified atom stereocenters. The zero-order valence-electron chi connectivity index (χ0n) is 34.5. The number of para-hydroxylation sites is 1. The van der Waals surface area contributed by atoms with Crippen molar-refractivity contribution in [3.8, 4) is 44.5 Å². The normalized spacial score (nSPS) is 12.6. The van der Waals surface area contributed by atoms with Crippen molar-refractivity contribution in [3.05, 3.63) is 271 Å². The van der Waals surface area contributed by atoms with Crippen LogP contribution in [0, 0.1) is 0 Å². The summed E-state index contributed by atoms with van der Waals surface area (Å²) < 4.78 is 6.70. The third kappa shape index (κ3) is 5.95. The highest BCUT2D eigenvalue weighted by molar-refractivity contribution is 6.14. The fraction of sp³-hybridized carbons (Fsp3) is 0.0164. The van der Waals surface area contributed by atoms with E-state index in [1.54, 1.807) is 0 Å². The molecule has 0 saturated carbocycles. The van der Waals surface area contributed by atoms with Gasteiger partial charge in [-0.15, -0.1) is 0 Å². The molecule has 10 aromatic carbocycles. The number of hydrogen-bond donors (Lipinski definition) is 0. The molecule has 0 aliphatic heterocycles. The van der Waals surface area contributed by atoms with E-state index in [0.717, 1.165) is 55.7 Å². The van der Waals surface area contributed by atoms with Gasteiger partial charge in [0.25, 0.3) is 0 Å². The Morgan fingerprint density at radius 1 is 0.317 bits per heavy atom. The highest BCUT2D eigenvalue weighted by Gasteiger charge is 2.46. The van der Waals surface area contributed by atoms with E-state index < -0.39 is 5.41 Å². The second kappa shape index (κ2) is 15.1. The van der Waals surface area contributed by atoms with Gasteiger partial charge in [-0.2, -0.15) is 0 Å². The van der Waals surface area contributed by atoms with Gasteiger partial charge in [-0.05, 0) is 110 Å². The van der Waals surface area contributed by atoms with Gasteiger partial charge in [0.15, 0.2) is 0 Å². The number of nitrogens with zero attached hydrogens (tertiary/aromatic N) is 1. The quantitative estimate of drug-likeness (QED) is 0.152. The summed E-state index contributed by atoms with van der Waals surface area (Å²) in [5.41, 5.74) is 18.8. The Balaban J connectivity index is 1.15. The molecule has 0 N–H and O–H groups in total. The first-order chi connectivity index (χ1) is 31.3. The minimum absolute atomic E-state index is 0.614. The lowest BCUT2D eigenvalue weighted by molar-refractivity contribution is 0.669. The summed E-state index contributed by atoms with van der Waals surface area (Å²) in [6.07, 6.45) is 0. The predicted octanol–water partition coefficient (Wildman–Crippen LogP) is 16.4. The topological polar surface area (TPSA) is 16.4 Å². The molecule has 0 spiro atoms. The molecule has 296 valence electrons. The molecule has 0 amide bonds. The van der Waals surface area contributed by atoms with Gasteiger partial charge in [0.1, 0.15) is 11.2 Å². The standard InChI is InChI=1S/C61H41NO/c1-4-19-42(20-5-1)45-25-16-26-47(39-45)61(54-32-13-10-30-51(54)52-31-11-14-33-55(52)61)48-27-17-28-49(41-48)62(56-34-15-12-29-50(56)44-23-8-3-9-24-44)57-35-18-36-59-60(57)53-40-46(37-38-58(53)63-59)43-21-6-2-7-22-43/h1-41H. The van der Waals surface area contributed by atoms with Crippen molar-refractivity contribution in [1.29, 1.82) is 0 Å². The molecule has 2 heteroatoms. The Morgan fingerprint density at radius 3 is 1.51 bits per heavy atom. The molecule has 1 aliphatic rings. The van der Waals surface area contributed by atoms with Crippen LogP contribution in [0.15, 0.2) is 253 Å². The average molecular weight is 804 g/mol. The summed E-state index contributed by atoms with van der Waals surface area (Å²) >= 11 is 0. The number of hydrogen-bond acceptors (Lipinski definition) is 2. The molecule has 0 fully saturated rings. The molecule has 1 aromatic heterocycles. The van der Waals surface area contributed by atoms with E-state index in [1.165, 1.54) is 50.1 Å². The van der Waals surface area contributed by atoms with Gasteiger partial charge in [0.05, 0.1) is 22.2 Å². The van der Waals surface area contributed by atoms with Crippen LogP contribution in [0.5, 0.6) is 0 Å². The molecule has 63 heavy (non-hydrogen) atoms. The molecular formula is C61H41NO. The molecule has 0 saturated heterocycles. The zero-order chi connectivity index (χ0) is 41.7. The lowest BCUT2D eigenvalue weighted by Crippen LogP contribution is -2.29. The molecule has 0 bridgehead atoms. The van der Waals surface area contributed by atoms with E-state index >= 15 is 0 Å². The maximum atomic E-state index is 6.70. The first-order valence-electron chi connectivity index (χ1n) is 21.7. The minimum Gasteiger partial charge on any atom is -0.456 e. The Kier molecular flexibility index (Phi) is 8.76. The summed E-state index contributed by atoms with van der Waals surface area (Å²) in [4.78, 5) is 2.46. The lowest BCUT2D eigenvalue weighted by Gasteiger charge is -2.35. The van der Waals surface area contributed by atoms with E-state index in [2.05, 4.69) is 254 Å². The van der Waals surface area contributed by atoms with Crippen LogP contribution in [-0.4, -0.2) is 0 Å². The van der Waals surface area contributed by atoms with Crippen LogP contribution in [0.2, 0.25) is 0 Å². The summed E-state index contributed by atoms with van der Waals surface area (Å²) in [7, 11) is 0. The first kappa shape index (κ1) is 36.6. The van der Waals surface area contributed by atoms with Gasteiger partial charge in [-0.1, -0.05) is 200 Å². The number of anilines is 3. The van der Waals surface area contributed by atoms with Gasteiger partial charge in [-0.3, -0.25) is 0 Å². The van der Waals surface area contributed by atoms with Crippen LogP contribution in [-0.2, 0) is 5.41 Å². The van der Waals surface area contributed by atoms with E-state index in [4.69, 9.17) is 4.42 Å². The number of fused-ring (bicyclic) bond motifs is 6. The zero-order valence-corrected chi connectivity index (χ0v) is 34.5. The van der Waals surface area contributed by atoms with E-state index in [-0.39, 0.29) is 0 Å².